The number of anilines is 1. The van der Waals surface area contributed by atoms with Gasteiger partial charge in [-0.2, -0.15) is 0 Å². The van der Waals surface area contributed by atoms with Crippen LogP contribution in [0, 0.1) is 0 Å². The first-order chi connectivity index (χ1) is 13.0. The predicted molar refractivity (Wildman–Crippen MR) is 114 cm³/mol. The van der Waals surface area contributed by atoms with Crippen LogP contribution in [0.4, 0.5) is 5.69 Å². The number of nitrogens with two attached hydrogens (primary N) is 2. The van der Waals surface area contributed by atoms with Crippen molar-refractivity contribution in [2.24, 2.45) is 21.5 Å². The molecule has 27 heavy (non-hydrogen) atoms. The molecule has 2 aromatic rings. The van der Waals surface area contributed by atoms with Crippen LogP contribution in [0.1, 0.15) is 24.5 Å². The van der Waals surface area contributed by atoms with Crippen molar-refractivity contribution in [3.63, 3.8) is 0 Å². The molecule has 6 heteroatoms. The summed E-state index contributed by atoms with van der Waals surface area (Å²) in [5.74, 6) is 0.182. The Balaban J connectivity index is 2.38. The summed E-state index contributed by atoms with van der Waals surface area (Å²) < 4.78 is 0. The Kier molecular flexibility index (Phi) is 6.66. The summed E-state index contributed by atoms with van der Waals surface area (Å²) in [5.41, 5.74) is 16.5. The summed E-state index contributed by atoms with van der Waals surface area (Å²) in [6.45, 7) is 13.3. The molecule has 0 bridgehead atoms. The van der Waals surface area contributed by atoms with E-state index < -0.39 is 0 Å². The van der Waals surface area contributed by atoms with Gasteiger partial charge in [0.1, 0.15) is 5.70 Å². The van der Waals surface area contributed by atoms with E-state index >= 15 is 0 Å². The van der Waals surface area contributed by atoms with Gasteiger partial charge in [0, 0.05) is 35.1 Å². The van der Waals surface area contributed by atoms with Gasteiger partial charge in [0.25, 0.3) is 0 Å². The maximum atomic E-state index is 6.02. The van der Waals surface area contributed by atoms with Crippen LogP contribution in [0.3, 0.4) is 0 Å². The molecule has 0 spiro atoms. The highest BCUT2D eigenvalue weighted by molar-refractivity contribution is 6.01. The lowest BCUT2D eigenvalue weighted by Crippen LogP contribution is -2.10. The van der Waals surface area contributed by atoms with Crippen LogP contribution in [-0.2, 0) is 0 Å². The third-order valence-electron chi connectivity index (χ3n) is 3.80. The van der Waals surface area contributed by atoms with Gasteiger partial charge >= 0.3 is 0 Å². The minimum Gasteiger partial charge on any atom is -0.399 e. The molecular formula is C21H24N6. The normalized spacial score (nSPS) is 12.1. The number of hydrogen-bond acceptors (Lipinski definition) is 6. The minimum atomic E-state index is 0.182. The van der Waals surface area contributed by atoms with E-state index in [0.717, 1.165) is 22.5 Å². The van der Waals surface area contributed by atoms with E-state index in [9.17, 15) is 0 Å². The Labute approximate surface area is 159 Å². The highest BCUT2D eigenvalue weighted by Gasteiger charge is 2.11. The van der Waals surface area contributed by atoms with Crippen LogP contribution in [0.25, 0.3) is 5.70 Å². The third kappa shape index (κ3) is 5.15. The van der Waals surface area contributed by atoms with E-state index in [1.54, 1.807) is 12.4 Å². The van der Waals surface area contributed by atoms with Crippen LogP contribution in [0.5, 0.6) is 0 Å². The molecule has 0 unspecified atom stereocenters. The molecule has 6 nitrogen and oxygen atoms in total. The van der Waals surface area contributed by atoms with Crippen molar-refractivity contribution < 1.29 is 0 Å². The lowest BCUT2D eigenvalue weighted by Gasteiger charge is -2.14. The summed E-state index contributed by atoms with van der Waals surface area (Å²) in [4.78, 5) is 12.7. The molecule has 1 heterocycles. The molecule has 138 valence electrons. The Bertz CT molecular complexity index is 909. The summed E-state index contributed by atoms with van der Waals surface area (Å²) in [6, 6.07) is 11.3. The highest BCUT2D eigenvalue weighted by atomic mass is 15.0. The number of hydrogen-bond donors (Lipinski definition) is 3. The number of benzene rings is 1. The second kappa shape index (κ2) is 9.15. The number of nitrogens with one attached hydrogen (secondary N) is 1. The van der Waals surface area contributed by atoms with Crippen LogP contribution in [-0.4, -0.2) is 17.4 Å². The molecule has 0 aliphatic heterocycles. The van der Waals surface area contributed by atoms with Gasteiger partial charge in [-0.25, -0.2) is 9.98 Å². The molecule has 1 aromatic carbocycles. The summed E-state index contributed by atoms with van der Waals surface area (Å²) in [6.07, 6.45) is 4.16. The fourth-order valence-electron chi connectivity index (χ4n) is 2.40. The smallest absolute Gasteiger partial charge is 0.150 e. The zero-order valence-corrected chi connectivity index (χ0v) is 15.4. The van der Waals surface area contributed by atoms with Crippen molar-refractivity contribution >= 4 is 23.8 Å². The molecule has 0 amide bonds. The quantitative estimate of drug-likeness (QED) is 0.494. The van der Waals surface area contributed by atoms with Gasteiger partial charge in [-0.15, -0.1) is 0 Å². The van der Waals surface area contributed by atoms with E-state index in [0.29, 0.717) is 23.5 Å². The maximum absolute atomic E-state index is 6.02. The van der Waals surface area contributed by atoms with E-state index in [1.807, 2.05) is 43.3 Å². The van der Waals surface area contributed by atoms with E-state index in [2.05, 4.69) is 40.2 Å². The largest absolute Gasteiger partial charge is 0.399 e. The van der Waals surface area contributed by atoms with Gasteiger partial charge in [-0.3, -0.25) is 4.98 Å². The Morgan fingerprint density at radius 2 is 1.89 bits per heavy atom. The van der Waals surface area contributed by atoms with Crippen molar-refractivity contribution in [2.45, 2.75) is 13.3 Å². The van der Waals surface area contributed by atoms with Gasteiger partial charge < -0.3 is 16.8 Å². The highest BCUT2D eigenvalue weighted by Crippen LogP contribution is 2.21. The summed E-state index contributed by atoms with van der Waals surface area (Å²) in [5, 5.41) is 3.19. The lowest BCUT2D eigenvalue weighted by atomic mass is 10.1. The molecule has 0 radical (unpaired) electrons. The van der Waals surface area contributed by atoms with Crippen LogP contribution in [0.15, 0.2) is 89.1 Å². The predicted octanol–water partition coefficient (Wildman–Crippen LogP) is 3.66. The number of nitrogens with zero attached hydrogens (tertiary/aromatic N) is 3. The SMILES string of the molecule is C=N/C(N)=C(\N=C(CC)c1cccnc1)C(=C)Nc1cccc(C(=C)N)c1. The second-order valence-electron chi connectivity index (χ2n) is 5.76. The van der Waals surface area contributed by atoms with Gasteiger partial charge in [-0.1, -0.05) is 38.3 Å². The number of aliphatic imine (C=N–C) groups is 2. The molecule has 0 fully saturated rings. The van der Waals surface area contributed by atoms with Crippen LogP contribution in [0.2, 0.25) is 0 Å². The van der Waals surface area contributed by atoms with E-state index in [-0.39, 0.29) is 5.82 Å². The second-order valence-corrected chi connectivity index (χ2v) is 5.76. The zero-order chi connectivity index (χ0) is 19.8. The molecule has 0 aliphatic rings. The Hall–Kier alpha value is -3.67. The van der Waals surface area contributed by atoms with Crippen LogP contribution >= 0.6 is 0 Å². The average molecular weight is 360 g/mol. The summed E-state index contributed by atoms with van der Waals surface area (Å²) in [7, 11) is 0. The Morgan fingerprint density at radius 1 is 1.15 bits per heavy atom. The molecule has 1 aromatic heterocycles. The number of rotatable bonds is 8. The zero-order valence-electron chi connectivity index (χ0n) is 15.4. The molecule has 0 atom stereocenters. The fraction of sp³-hybridized carbons (Fsp3) is 0.0952. The topological polar surface area (TPSA) is 102 Å². The standard InChI is InChI=1S/C21H24N6/c1-5-19(17-9-7-11-25-13-17)27-20(21(23)24-4)15(3)26-18-10-6-8-16(12-18)14(2)22/h6-13,26H,2-5,22-23H2,1H3/b21-20-,27-19?. The van der Waals surface area contributed by atoms with Crippen molar-refractivity contribution in [1.82, 2.24) is 4.98 Å². The van der Waals surface area contributed by atoms with E-state index in [4.69, 9.17) is 11.5 Å². The maximum Gasteiger partial charge on any atom is 0.150 e. The van der Waals surface area contributed by atoms with Gasteiger partial charge in [0.15, 0.2) is 5.82 Å². The molecule has 5 N–H and O–H groups in total. The summed E-state index contributed by atoms with van der Waals surface area (Å²) >= 11 is 0. The van der Waals surface area contributed by atoms with Crippen molar-refractivity contribution in [3.8, 4) is 0 Å². The number of aromatic nitrogens is 1. The first-order valence-corrected chi connectivity index (χ1v) is 8.41. The molecule has 0 saturated heterocycles. The lowest BCUT2D eigenvalue weighted by molar-refractivity contribution is 1.12. The van der Waals surface area contributed by atoms with Crippen LogP contribution < -0.4 is 16.8 Å². The number of pyridine rings is 1. The molecular weight excluding hydrogens is 336 g/mol. The van der Waals surface area contributed by atoms with Gasteiger partial charge in [0.05, 0.1) is 5.70 Å². The molecule has 0 aliphatic carbocycles. The first-order valence-electron chi connectivity index (χ1n) is 8.41. The van der Waals surface area contributed by atoms with Gasteiger partial charge in [-0.05, 0) is 36.9 Å². The van der Waals surface area contributed by atoms with Crippen molar-refractivity contribution in [1.29, 1.82) is 0 Å². The molecule has 2 rings (SSSR count). The Morgan fingerprint density at radius 3 is 2.48 bits per heavy atom. The van der Waals surface area contributed by atoms with Crippen molar-refractivity contribution in [3.05, 3.63) is 90.3 Å². The van der Waals surface area contributed by atoms with Gasteiger partial charge in [0.2, 0.25) is 0 Å². The minimum absolute atomic E-state index is 0.182. The first kappa shape index (κ1) is 19.7. The van der Waals surface area contributed by atoms with E-state index in [1.165, 1.54) is 0 Å². The molecule has 0 saturated carbocycles. The third-order valence-corrected chi connectivity index (χ3v) is 3.80. The van der Waals surface area contributed by atoms with Crippen molar-refractivity contribution in [2.75, 3.05) is 5.32 Å². The average Bonchev–Trinajstić information content (AvgIpc) is 2.69. The monoisotopic (exact) mass is 360 g/mol. The fourth-order valence-corrected chi connectivity index (χ4v) is 2.40.